The van der Waals surface area contributed by atoms with Crippen LogP contribution in [0.5, 0.6) is 0 Å². The van der Waals surface area contributed by atoms with Gasteiger partial charge >= 0.3 is 8.80 Å². The summed E-state index contributed by atoms with van der Waals surface area (Å²) in [6, 6.07) is 0.930. The lowest BCUT2D eigenvalue weighted by Gasteiger charge is -2.28. The molecular formula is C16H36O4Si. The largest absolute Gasteiger partial charge is 0.500 e. The predicted molar refractivity (Wildman–Crippen MR) is 89.6 cm³/mol. The summed E-state index contributed by atoms with van der Waals surface area (Å²) in [6.07, 6.45) is 7.04. The summed E-state index contributed by atoms with van der Waals surface area (Å²) >= 11 is 0. The van der Waals surface area contributed by atoms with Crippen molar-refractivity contribution in [3.8, 4) is 0 Å². The maximum absolute atomic E-state index is 5.85. The summed E-state index contributed by atoms with van der Waals surface area (Å²) in [5.74, 6) is 0. The number of hydrogen-bond acceptors (Lipinski definition) is 4. The lowest BCUT2D eigenvalue weighted by Crippen LogP contribution is -2.45. The third-order valence-electron chi connectivity index (χ3n) is 3.26. The molecule has 0 aromatic carbocycles. The van der Waals surface area contributed by atoms with Crippen LogP contribution in [0.2, 0.25) is 6.04 Å². The van der Waals surface area contributed by atoms with E-state index in [1.165, 1.54) is 25.7 Å². The van der Waals surface area contributed by atoms with E-state index in [9.17, 15) is 0 Å². The zero-order valence-corrected chi connectivity index (χ0v) is 15.6. The van der Waals surface area contributed by atoms with Crippen LogP contribution in [0.1, 0.15) is 66.2 Å². The van der Waals surface area contributed by atoms with Gasteiger partial charge in [-0.05, 0) is 40.0 Å². The standard InChI is InChI=1S/C16H36O4Si/c1-5-9-14-17-15-12-10-11-13-16-21(18-6-2,19-7-3)20-8-4/h5-16H2,1-4H3. The van der Waals surface area contributed by atoms with Gasteiger partial charge in [0.25, 0.3) is 0 Å². The molecule has 0 N–H and O–H groups in total. The van der Waals surface area contributed by atoms with Crippen molar-refractivity contribution in [2.24, 2.45) is 0 Å². The molecule has 0 atom stereocenters. The molecule has 0 aliphatic heterocycles. The summed E-state index contributed by atoms with van der Waals surface area (Å²) in [5.41, 5.74) is 0. The van der Waals surface area contributed by atoms with Gasteiger partial charge in [-0.1, -0.05) is 26.2 Å². The second-order valence-electron chi connectivity index (χ2n) is 5.11. The van der Waals surface area contributed by atoms with E-state index >= 15 is 0 Å². The Bertz CT molecular complexity index is 197. The van der Waals surface area contributed by atoms with Crippen LogP contribution < -0.4 is 0 Å². The topological polar surface area (TPSA) is 36.9 Å². The van der Waals surface area contributed by atoms with E-state index in [2.05, 4.69) is 6.92 Å². The second kappa shape index (κ2) is 15.0. The van der Waals surface area contributed by atoms with E-state index in [4.69, 9.17) is 18.0 Å². The molecule has 0 bridgehead atoms. The van der Waals surface area contributed by atoms with Gasteiger partial charge < -0.3 is 18.0 Å². The Morgan fingerprint density at radius 1 is 0.619 bits per heavy atom. The van der Waals surface area contributed by atoms with Crippen LogP contribution in [0.3, 0.4) is 0 Å². The Hall–Kier alpha value is 0.0569. The van der Waals surface area contributed by atoms with Gasteiger partial charge in [0.1, 0.15) is 0 Å². The second-order valence-corrected chi connectivity index (χ2v) is 7.84. The molecule has 128 valence electrons. The Labute approximate surface area is 132 Å². The average molecular weight is 321 g/mol. The molecule has 5 heteroatoms. The molecular weight excluding hydrogens is 284 g/mol. The fourth-order valence-electron chi connectivity index (χ4n) is 2.25. The molecule has 0 heterocycles. The van der Waals surface area contributed by atoms with E-state index < -0.39 is 8.80 Å². The van der Waals surface area contributed by atoms with Gasteiger partial charge in [0, 0.05) is 39.1 Å². The fourth-order valence-corrected chi connectivity index (χ4v) is 4.93. The molecule has 0 rings (SSSR count). The first-order valence-electron chi connectivity index (χ1n) is 8.74. The van der Waals surface area contributed by atoms with Crippen molar-refractivity contribution >= 4 is 8.80 Å². The predicted octanol–water partition coefficient (Wildman–Crippen LogP) is 4.41. The summed E-state index contributed by atoms with van der Waals surface area (Å²) in [6.45, 7) is 12.0. The van der Waals surface area contributed by atoms with Crippen LogP contribution in [-0.4, -0.2) is 41.8 Å². The van der Waals surface area contributed by atoms with Crippen molar-refractivity contribution in [1.82, 2.24) is 0 Å². The molecule has 0 aromatic rings. The van der Waals surface area contributed by atoms with Crippen molar-refractivity contribution in [2.75, 3.05) is 33.0 Å². The van der Waals surface area contributed by atoms with Crippen molar-refractivity contribution in [3.05, 3.63) is 0 Å². The van der Waals surface area contributed by atoms with Crippen molar-refractivity contribution in [1.29, 1.82) is 0 Å². The highest BCUT2D eigenvalue weighted by molar-refractivity contribution is 6.60. The summed E-state index contributed by atoms with van der Waals surface area (Å²) in [7, 11) is -2.41. The number of ether oxygens (including phenoxy) is 1. The minimum absolute atomic E-state index is 0.664. The van der Waals surface area contributed by atoms with Gasteiger partial charge in [0.2, 0.25) is 0 Å². The van der Waals surface area contributed by atoms with E-state index in [0.717, 1.165) is 32.1 Å². The maximum atomic E-state index is 5.85. The Balaban J connectivity index is 3.76. The molecule has 4 nitrogen and oxygen atoms in total. The number of hydrogen-bond donors (Lipinski definition) is 0. The number of rotatable bonds is 16. The summed E-state index contributed by atoms with van der Waals surface area (Å²) in [4.78, 5) is 0. The Morgan fingerprint density at radius 3 is 1.67 bits per heavy atom. The van der Waals surface area contributed by atoms with Crippen molar-refractivity contribution in [2.45, 2.75) is 72.3 Å². The monoisotopic (exact) mass is 320 g/mol. The van der Waals surface area contributed by atoms with Crippen LogP contribution in [0.15, 0.2) is 0 Å². The quantitative estimate of drug-likeness (QED) is 0.312. The molecule has 0 amide bonds. The van der Waals surface area contributed by atoms with Gasteiger partial charge in [0.15, 0.2) is 0 Å². The molecule has 0 saturated heterocycles. The minimum Gasteiger partial charge on any atom is -0.381 e. The zero-order valence-electron chi connectivity index (χ0n) is 14.6. The van der Waals surface area contributed by atoms with E-state index in [-0.39, 0.29) is 0 Å². The third kappa shape index (κ3) is 11.3. The summed E-state index contributed by atoms with van der Waals surface area (Å²) < 4.78 is 23.1. The molecule has 0 aromatic heterocycles. The molecule has 0 radical (unpaired) electrons. The van der Waals surface area contributed by atoms with Crippen LogP contribution >= 0.6 is 0 Å². The highest BCUT2D eigenvalue weighted by Gasteiger charge is 2.39. The summed E-state index contributed by atoms with van der Waals surface area (Å²) in [5, 5.41) is 0. The highest BCUT2D eigenvalue weighted by Crippen LogP contribution is 2.20. The average Bonchev–Trinajstić information content (AvgIpc) is 2.46. The van der Waals surface area contributed by atoms with Crippen LogP contribution in [-0.2, 0) is 18.0 Å². The van der Waals surface area contributed by atoms with Crippen LogP contribution in [0, 0.1) is 0 Å². The molecule has 0 aliphatic carbocycles. The first-order chi connectivity index (χ1) is 10.2. The highest BCUT2D eigenvalue weighted by atomic mass is 28.4. The number of unbranched alkanes of at least 4 members (excludes halogenated alkanes) is 4. The first-order valence-corrected chi connectivity index (χ1v) is 10.7. The zero-order chi connectivity index (χ0) is 15.8. The normalized spacial score (nSPS) is 12.0. The first kappa shape index (κ1) is 21.1. The fraction of sp³-hybridized carbons (Fsp3) is 1.00. The molecule has 21 heavy (non-hydrogen) atoms. The van der Waals surface area contributed by atoms with Gasteiger partial charge in [0.05, 0.1) is 0 Å². The maximum Gasteiger partial charge on any atom is 0.500 e. The SMILES string of the molecule is CCCCOCCCCCC[Si](OCC)(OCC)OCC. The van der Waals surface area contributed by atoms with Crippen molar-refractivity contribution < 1.29 is 18.0 Å². The molecule has 0 fully saturated rings. The molecule has 0 saturated carbocycles. The molecule has 0 aliphatic rings. The minimum atomic E-state index is -2.41. The Morgan fingerprint density at radius 2 is 1.14 bits per heavy atom. The van der Waals surface area contributed by atoms with Crippen molar-refractivity contribution in [3.63, 3.8) is 0 Å². The smallest absolute Gasteiger partial charge is 0.381 e. The molecule has 0 unspecified atom stereocenters. The van der Waals surface area contributed by atoms with E-state index in [0.29, 0.717) is 19.8 Å². The lowest BCUT2D eigenvalue weighted by atomic mass is 10.2. The molecule has 0 spiro atoms. The van der Waals surface area contributed by atoms with Crippen LogP contribution in [0.25, 0.3) is 0 Å². The van der Waals surface area contributed by atoms with Crippen LogP contribution in [0.4, 0.5) is 0 Å². The Kier molecular flexibility index (Phi) is 15.0. The van der Waals surface area contributed by atoms with E-state index in [1.54, 1.807) is 0 Å². The lowest BCUT2D eigenvalue weighted by molar-refractivity contribution is 0.0705. The van der Waals surface area contributed by atoms with Gasteiger partial charge in [-0.25, -0.2) is 0 Å². The van der Waals surface area contributed by atoms with E-state index in [1.807, 2.05) is 20.8 Å². The third-order valence-corrected chi connectivity index (χ3v) is 6.41. The van der Waals surface area contributed by atoms with Gasteiger partial charge in [-0.2, -0.15) is 0 Å². The van der Waals surface area contributed by atoms with Gasteiger partial charge in [-0.15, -0.1) is 0 Å². The van der Waals surface area contributed by atoms with Gasteiger partial charge in [-0.3, -0.25) is 0 Å².